The molecule has 1 aliphatic rings. The second-order valence-electron chi connectivity index (χ2n) is 5.90. The summed E-state index contributed by atoms with van der Waals surface area (Å²) < 4.78 is 0. The molecule has 1 heterocycles. The van der Waals surface area contributed by atoms with E-state index >= 15 is 0 Å². The van der Waals surface area contributed by atoms with Gasteiger partial charge in [-0.25, -0.2) is 0 Å². The molecular formula is C16H25N3O. The number of nitrogens with zero attached hydrogens (tertiary/aromatic N) is 2. The highest BCUT2D eigenvalue weighted by Gasteiger charge is 2.22. The number of hydrogen-bond acceptors (Lipinski definition) is 3. The van der Waals surface area contributed by atoms with Crippen LogP contribution in [0.15, 0.2) is 18.2 Å². The summed E-state index contributed by atoms with van der Waals surface area (Å²) in [5.74, 6) is 0.194. The molecule has 2 rings (SSSR count). The van der Waals surface area contributed by atoms with E-state index in [0.717, 1.165) is 19.6 Å². The van der Waals surface area contributed by atoms with Crippen LogP contribution in [0.4, 0.5) is 5.69 Å². The first-order valence-electron chi connectivity index (χ1n) is 7.29. The van der Waals surface area contributed by atoms with Gasteiger partial charge in [-0.3, -0.25) is 4.79 Å². The Morgan fingerprint density at radius 1 is 1.30 bits per heavy atom. The molecule has 1 aromatic carbocycles. The Morgan fingerprint density at radius 2 is 2.05 bits per heavy atom. The van der Waals surface area contributed by atoms with Gasteiger partial charge in [0.2, 0.25) is 5.91 Å². The largest absolute Gasteiger partial charge is 0.360 e. The summed E-state index contributed by atoms with van der Waals surface area (Å²) in [4.78, 5) is 15.9. The summed E-state index contributed by atoms with van der Waals surface area (Å²) in [6.45, 7) is 9.43. The van der Waals surface area contributed by atoms with E-state index in [9.17, 15) is 4.79 Å². The first-order valence-corrected chi connectivity index (χ1v) is 7.29. The Labute approximate surface area is 121 Å². The molecule has 0 atom stereocenters. The van der Waals surface area contributed by atoms with Gasteiger partial charge in [0, 0.05) is 38.4 Å². The molecule has 0 radical (unpaired) electrons. The highest BCUT2D eigenvalue weighted by atomic mass is 16.2. The van der Waals surface area contributed by atoms with E-state index in [1.165, 1.54) is 16.8 Å². The number of aryl methyl sites for hydroxylation is 1. The maximum atomic E-state index is 11.9. The van der Waals surface area contributed by atoms with Crippen molar-refractivity contribution >= 4 is 11.6 Å². The zero-order chi connectivity index (χ0) is 14.7. The summed E-state index contributed by atoms with van der Waals surface area (Å²) in [7, 11) is 1.87. The van der Waals surface area contributed by atoms with Crippen molar-refractivity contribution in [2.45, 2.75) is 33.4 Å². The molecule has 4 nitrogen and oxygen atoms in total. The SMILES string of the molecule is Cc1ccc(N2CCN(C)C(=O)C2)c(CNC(C)C)c1. The molecule has 20 heavy (non-hydrogen) atoms. The Balaban J connectivity index is 2.19. The second kappa shape index (κ2) is 6.27. The predicted molar refractivity (Wildman–Crippen MR) is 83.0 cm³/mol. The third kappa shape index (κ3) is 3.51. The Kier molecular flexibility index (Phi) is 4.65. The number of likely N-dealkylation sites (N-methyl/N-ethyl adjacent to an activating group) is 1. The summed E-state index contributed by atoms with van der Waals surface area (Å²) in [5, 5.41) is 3.47. The van der Waals surface area contributed by atoms with Gasteiger partial charge in [0.15, 0.2) is 0 Å². The number of amides is 1. The first kappa shape index (κ1) is 14.9. The maximum absolute atomic E-state index is 11.9. The number of hydrogen-bond donors (Lipinski definition) is 1. The van der Waals surface area contributed by atoms with Crippen LogP contribution in [0.3, 0.4) is 0 Å². The van der Waals surface area contributed by atoms with Crippen LogP contribution in [0.5, 0.6) is 0 Å². The van der Waals surface area contributed by atoms with E-state index in [1.807, 2.05) is 7.05 Å². The number of carbonyl (C=O) groups excluding carboxylic acids is 1. The standard InChI is InChI=1S/C16H25N3O/c1-12(2)17-10-14-9-13(3)5-6-15(14)19-8-7-18(4)16(20)11-19/h5-6,9,12,17H,7-8,10-11H2,1-4H3. The van der Waals surface area contributed by atoms with Crippen molar-refractivity contribution in [2.75, 3.05) is 31.6 Å². The van der Waals surface area contributed by atoms with Crippen LogP contribution < -0.4 is 10.2 Å². The van der Waals surface area contributed by atoms with Gasteiger partial charge >= 0.3 is 0 Å². The Bertz CT molecular complexity index is 485. The van der Waals surface area contributed by atoms with E-state index in [4.69, 9.17) is 0 Å². The number of benzene rings is 1. The molecule has 1 amide bonds. The minimum absolute atomic E-state index is 0.194. The van der Waals surface area contributed by atoms with E-state index in [2.05, 4.69) is 49.2 Å². The number of nitrogens with one attached hydrogen (secondary N) is 1. The third-order valence-electron chi connectivity index (χ3n) is 3.73. The fraction of sp³-hybridized carbons (Fsp3) is 0.562. The van der Waals surface area contributed by atoms with Crippen molar-refractivity contribution in [3.63, 3.8) is 0 Å². The number of carbonyl (C=O) groups is 1. The lowest BCUT2D eigenvalue weighted by molar-refractivity contribution is -0.129. The number of anilines is 1. The van der Waals surface area contributed by atoms with Crippen molar-refractivity contribution in [2.24, 2.45) is 0 Å². The van der Waals surface area contributed by atoms with Crippen LogP contribution >= 0.6 is 0 Å². The van der Waals surface area contributed by atoms with Gasteiger partial charge in [0.1, 0.15) is 0 Å². The van der Waals surface area contributed by atoms with Gasteiger partial charge in [-0.15, -0.1) is 0 Å². The van der Waals surface area contributed by atoms with E-state index in [-0.39, 0.29) is 5.91 Å². The molecule has 0 aromatic heterocycles. The predicted octanol–water partition coefficient (Wildman–Crippen LogP) is 1.77. The molecule has 4 heteroatoms. The van der Waals surface area contributed by atoms with Gasteiger partial charge in [0.25, 0.3) is 0 Å². The van der Waals surface area contributed by atoms with Crippen LogP contribution in [0.25, 0.3) is 0 Å². The van der Waals surface area contributed by atoms with Crippen LogP contribution in [-0.2, 0) is 11.3 Å². The zero-order valence-corrected chi connectivity index (χ0v) is 12.9. The van der Waals surface area contributed by atoms with Gasteiger partial charge < -0.3 is 15.1 Å². The molecule has 0 bridgehead atoms. The summed E-state index contributed by atoms with van der Waals surface area (Å²) in [6, 6.07) is 6.94. The number of piperazine rings is 1. The van der Waals surface area contributed by atoms with Crippen molar-refractivity contribution < 1.29 is 4.79 Å². The zero-order valence-electron chi connectivity index (χ0n) is 12.9. The molecule has 0 aliphatic carbocycles. The van der Waals surface area contributed by atoms with Gasteiger partial charge in [-0.05, 0) is 18.6 Å². The van der Waals surface area contributed by atoms with Crippen molar-refractivity contribution in [3.8, 4) is 0 Å². The summed E-state index contributed by atoms with van der Waals surface area (Å²) in [6.07, 6.45) is 0. The minimum atomic E-state index is 0.194. The summed E-state index contributed by atoms with van der Waals surface area (Å²) >= 11 is 0. The molecule has 1 fully saturated rings. The van der Waals surface area contributed by atoms with Gasteiger partial charge in [-0.2, -0.15) is 0 Å². The molecule has 0 spiro atoms. The van der Waals surface area contributed by atoms with Crippen LogP contribution in [0.2, 0.25) is 0 Å². The van der Waals surface area contributed by atoms with Crippen LogP contribution in [-0.4, -0.2) is 43.5 Å². The molecule has 0 saturated carbocycles. The van der Waals surface area contributed by atoms with Crippen LogP contribution in [0, 0.1) is 6.92 Å². The lowest BCUT2D eigenvalue weighted by atomic mass is 10.1. The molecule has 1 saturated heterocycles. The molecular weight excluding hydrogens is 250 g/mol. The third-order valence-corrected chi connectivity index (χ3v) is 3.73. The lowest BCUT2D eigenvalue weighted by Gasteiger charge is -2.35. The van der Waals surface area contributed by atoms with Crippen molar-refractivity contribution in [3.05, 3.63) is 29.3 Å². The van der Waals surface area contributed by atoms with E-state index in [1.54, 1.807) is 4.90 Å². The second-order valence-corrected chi connectivity index (χ2v) is 5.90. The fourth-order valence-corrected chi connectivity index (χ4v) is 2.44. The highest BCUT2D eigenvalue weighted by molar-refractivity contribution is 5.83. The van der Waals surface area contributed by atoms with E-state index < -0.39 is 0 Å². The smallest absolute Gasteiger partial charge is 0.241 e. The van der Waals surface area contributed by atoms with Gasteiger partial charge in [0.05, 0.1) is 6.54 Å². The molecule has 1 aromatic rings. The molecule has 110 valence electrons. The molecule has 1 N–H and O–H groups in total. The van der Waals surface area contributed by atoms with Crippen molar-refractivity contribution in [1.29, 1.82) is 0 Å². The van der Waals surface area contributed by atoms with Crippen LogP contribution in [0.1, 0.15) is 25.0 Å². The first-order chi connectivity index (χ1) is 9.47. The average Bonchev–Trinajstić information content (AvgIpc) is 2.40. The number of rotatable bonds is 4. The van der Waals surface area contributed by atoms with Crippen molar-refractivity contribution in [1.82, 2.24) is 10.2 Å². The lowest BCUT2D eigenvalue weighted by Crippen LogP contribution is -2.49. The summed E-state index contributed by atoms with van der Waals surface area (Å²) in [5.41, 5.74) is 3.72. The van der Waals surface area contributed by atoms with Gasteiger partial charge in [-0.1, -0.05) is 31.5 Å². The normalized spacial score (nSPS) is 16.1. The average molecular weight is 275 g/mol. The van der Waals surface area contributed by atoms with E-state index in [0.29, 0.717) is 12.6 Å². The maximum Gasteiger partial charge on any atom is 0.241 e. The fourth-order valence-electron chi connectivity index (χ4n) is 2.44. The quantitative estimate of drug-likeness (QED) is 0.909. The Hall–Kier alpha value is -1.55. The monoisotopic (exact) mass is 275 g/mol. The highest BCUT2D eigenvalue weighted by Crippen LogP contribution is 2.23. The Morgan fingerprint density at radius 3 is 2.70 bits per heavy atom. The molecule has 1 aliphatic heterocycles. The topological polar surface area (TPSA) is 35.6 Å². The minimum Gasteiger partial charge on any atom is -0.360 e. The molecule has 0 unspecified atom stereocenters.